The Morgan fingerprint density at radius 1 is 1.50 bits per heavy atom. The molecule has 0 saturated carbocycles. The smallest absolute Gasteiger partial charge is 0.270 e. The van der Waals surface area contributed by atoms with Gasteiger partial charge in [0.15, 0.2) is 0 Å². The van der Waals surface area contributed by atoms with E-state index in [2.05, 4.69) is 10.3 Å². The number of hydrogen-bond donors (Lipinski definition) is 2. The van der Waals surface area contributed by atoms with Crippen molar-refractivity contribution in [1.82, 2.24) is 10.3 Å². The van der Waals surface area contributed by atoms with Crippen LogP contribution in [0.25, 0.3) is 0 Å². The molecule has 6 nitrogen and oxygen atoms in total. The Labute approximate surface area is 91.7 Å². The molecular formula is C8H10FN3O3S. The monoisotopic (exact) mass is 247 g/mol. The average Bonchev–Trinajstić information content (AvgIpc) is 2.15. The SMILES string of the molecule is NS(=O)(=O)CCNC(=O)c1cccc(F)n1. The van der Waals surface area contributed by atoms with Gasteiger partial charge in [-0.15, -0.1) is 0 Å². The molecule has 1 aromatic heterocycles. The van der Waals surface area contributed by atoms with E-state index in [-0.39, 0.29) is 18.0 Å². The highest BCUT2D eigenvalue weighted by atomic mass is 32.2. The van der Waals surface area contributed by atoms with Gasteiger partial charge in [-0.05, 0) is 12.1 Å². The molecule has 1 aromatic rings. The van der Waals surface area contributed by atoms with Crippen LogP contribution in [0.1, 0.15) is 10.5 Å². The number of nitrogens with two attached hydrogens (primary N) is 1. The lowest BCUT2D eigenvalue weighted by molar-refractivity contribution is 0.0950. The highest BCUT2D eigenvalue weighted by Gasteiger charge is 2.09. The van der Waals surface area contributed by atoms with Gasteiger partial charge >= 0.3 is 0 Å². The van der Waals surface area contributed by atoms with Crippen molar-refractivity contribution in [3.05, 3.63) is 29.8 Å². The molecule has 3 N–H and O–H groups in total. The lowest BCUT2D eigenvalue weighted by atomic mass is 10.3. The number of amides is 1. The normalized spacial score (nSPS) is 11.1. The molecule has 8 heteroatoms. The van der Waals surface area contributed by atoms with Crippen LogP contribution in [0.5, 0.6) is 0 Å². The maximum absolute atomic E-state index is 12.6. The highest BCUT2D eigenvalue weighted by molar-refractivity contribution is 7.89. The third kappa shape index (κ3) is 4.32. The zero-order chi connectivity index (χ0) is 12.2. The molecular weight excluding hydrogens is 237 g/mol. The van der Waals surface area contributed by atoms with Crippen LogP contribution in [0.4, 0.5) is 4.39 Å². The van der Waals surface area contributed by atoms with E-state index in [1.807, 2.05) is 0 Å². The maximum Gasteiger partial charge on any atom is 0.270 e. The minimum absolute atomic E-state index is 0.116. The van der Waals surface area contributed by atoms with Gasteiger partial charge in [0.25, 0.3) is 5.91 Å². The summed E-state index contributed by atoms with van der Waals surface area (Å²) in [5.74, 6) is -1.81. The largest absolute Gasteiger partial charge is 0.350 e. The van der Waals surface area contributed by atoms with Crippen LogP contribution in [-0.2, 0) is 10.0 Å². The van der Waals surface area contributed by atoms with Gasteiger partial charge in [-0.1, -0.05) is 6.07 Å². The van der Waals surface area contributed by atoms with Gasteiger partial charge in [0.05, 0.1) is 5.75 Å². The van der Waals surface area contributed by atoms with Crippen molar-refractivity contribution in [2.24, 2.45) is 5.14 Å². The second-order valence-corrected chi connectivity index (χ2v) is 4.70. The van der Waals surface area contributed by atoms with E-state index in [4.69, 9.17) is 5.14 Å². The van der Waals surface area contributed by atoms with Crippen LogP contribution in [0, 0.1) is 5.95 Å². The molecule has 0 unspecified atom stereocenters. The minimum Gasteiger partial charge on any atom is -0.350 e. The fraction of sp³-hybridized carbons (Fsp3) is 0.250. The summed E-state index contributed by atoms with van der Waals surface area (Å²) in [5, 5.41) is 6.99. The number of halogens is 1. The second kappa shape index (κ2) is 4.99. The average molecular weight is 247 g/mol. The van der Waals surface area contributed by atoms with Crippen LogP contribution in [0.2, 0.25) is 0 Å². The Balaban J connectivity index is 2.54. The molecule has 0 aliphatic heterocycles. The Bertz CT molecular complexity index is 489. The Morgan fingerprint density at radius 2 is 2.19 bits per heavy atom. The predicted octanol–water partition coefficient (Wildman–Crippen LogP) is -0.761. The van der Waals surface area contributed by atoms with E-state index >= 15 is 0 Å². The van der Waals surface area contributed by atoms with Crippen molar-refractivity contribution in [2.45, 2.75) is 0 Å². The summed E-state index contributed by atoms with van der Waals surface area (Å²) in [6.45, 7) is -0.143. The first kappa shape index (κ1) is 12.5. The molecule has 0 bridgehead atoms. The van der Waals surface area contributed by atoms with Crippen LogP contribution in [0.3, 0.4) is 0 Å². The van der Waals surface area contributed by atoms with Gasteiger partial charge in [-0.2, -0.15) is 4.39 Å². The van der Waals surface area contributed by atoms with Gasteiger partial charge in [0, 0.05) is 6.54 Å². The summed E-state index contributed by atoms with van der Waals surface area (Å²) in [6.07, 6.45) is 0. The molecule has 1 rings (SSSR count). The molecule has 0 aromatic carbocycles. The molecule has 1 heterocycles. The van der Waals surface area contributed by atoms with Crippen molar-refractivity contribution in [2.75, 3.05) is 12.3 Å². The van der Waals surface area contributed by atoms with Crippen molar-refractivity contribution in [3.8, 4) is 0 Å². The number of nitrogens with zero attached hydrogens (tertiary/aromatic N) is 1. The highest BCUT2D eigenvalue weighted by Crippen LogP contribution is 1.97. The number of hydrogen-bond acceptors (Lipinski definition) is 4. The molecule has 0 spiro atoms. The topological polar surface area (TPSA) is 102 Å². The Kier molecular flexibility index (Phi) is 3.91. The number of aromatic nitrogens is 1. The first-order valence-corrected chi connectivity index (χ1v) is 6.01. The van der Waals surface area contributed by atoms with Crippen LogP contribution in [0.15, 0.2) is 18.2 Å². The van der Waals surface area contributed by atoms with Crippen LogP contribution >= 0.6 is 0 Å². The number of nitrogens with one attached hydrogen (secondary N) is 1. The zero-order valence-electron chi connectivity index (χ0n) is 8.18. The number of carbonyl (C=O) groups is 1. The molecule has 0 radical (unpaired) electrons. The number of carbonyl (C=O) groups excluding carboxylic acids is 1. The van der Waals surface area contributed by atoms with Gasteiger partial charge in [0.2, 0.25) is 16.0 Å². The molecule has 0 aliphatic carbocycles. The first-order valence-electron chi connectivity index (χ1n) is 4.30. The fourth-order valence-corrected chi connectivity index (χ4v) is 1.32. The van der Waals surface area contributed by atoms with Gasteiger partial charge < -0.3 is 5.32 Å². The van der Waals surface area contributed by atoms with Crippen molar-refractivity contribution >= 4 is 15.9 Å². The fourth-order valence-electron chi connectivity index (χ4n) is 0.932. The number of pyridine rings is 1. The molecule has 1 amide bonds. The first-order chi connectivity index (χ1) is 7.38. The van der Waals surface area contributed by atoms with Crippen LogP contribution < -0.4 is 10.5 Å². The Morgan fingerprint density at radius 3 is 2.75 bits per heavy atom. The molecule has 16 heavy (non-hydrogen) atoms. The summed E-state index contributed by atoms with van der Waals surface area (Å²) in [6, 6.07) is 3.74. The summed E-state index contributed by atoms with van der Waals surface area (Å²) in [7, 11) is -3.62. The van der Waals surface area contributed by atoms with E-state index in [1.165, 1.54) is 12.1 Å². The molecule has 0 saturated heterocycles. The number of rotatable bonds is 4. The van der Waals surface area contributed by atoms with Crippen molar-refractivity contribution < 1.29 is 17.6 Å². The van der Waals surface area contributed by atoms with E-state index in [9.17, 15) is 17.6 Å². The van der Waals surface area contributed by atoms with Gasteiger partial charge in [-0.3, -0.25) is 4.79 Å². The zero-order valence-corrected chi connectivity index (χ0v) is 9.00. The van der Waals surface area contributed by atoms with Gasteiger partial charge in [0.1, 0.15) is 5.69 Å². The summed E-state index contributed by atoms with van der Waals surface area (Å²) >= 11 is 0. The minimum atomic E-state index is -3.62. The maximum atomic E-state index is 12.6. The molecule has 0 atom stereocenters. The summed E-state index contributed by atoms with van der Waals surface area (Å²) in [5.41, 5.74) is -0.116. The van der Waals surface area contributed by atoms with E-state index in [0.29, 0.717) is 0 Å². The number of sulfonamides is 1. The standard InChI is InChI=1S/C8H10FN3O3S/c9-7-3-1-2-6(12-7)8(13)11-4-5-16(10,14)15/h1-3H,4-5H2,(H,11,13)(H2,10,14,15). The van der Waals surface area contributed by atoms with E-state index < -0.39 is 21.9 Å². The van der Waals surface area contributed by atoms with Gasteiger partial charge in [-0.25, -0.2) is 18.5 Å². The van der Waals surface area contributed by atoms with Crippen molar-refractivity contribution in [1.29, 1.82) is 0 Å². The second-order valence-electron chi connectivity index (χ2n) is 2.97. The predicted molar refractivity (Wildman–Crippen MR) is 54.5 cm³/mol. The lowest BCUT2D eigenvalue weighted by Crippen LogP contribution is -2.32. The molecule has 0 aliphatic rings. The third-order valence-electron chi connectivity index (χ3n) is 1.62. The van der Waals surface area contributed by atoms with E-state index in [0.717, 1.165) is 6.07 Å². The molecule has 0 fully saturated rings. The summed E-state index contributed by atoms with van der Waals surface area (Å²) < 4.78 is 33.7. The lowest BCUT2D eigenvalue weighted by Gasteiger charge is -2.03. The van der Waals surface area contributed by atoms with Crippen molar-refractivity contribution in [3.63, 3.8) is 0 Å². The quantitative estimate of drug-likeness (QED) is 0.682. The summed E-state index contributed by atoms with van der Waals surface area (Å²) in [4.78, 5) is 14.6. The Hall–Kier alpha value is -1.54. The van der Waals surface area contributed by atoms with Crippen LogP contribution in [-0.4, -0.2) is 31.6 Å². The third-order valence-corrected chi connectivity index (χ3v) is 2.39. The van der Waals surface area contributed by atoms with E-state index in [1.54, 1.807) is 0 Å². The molecule has 88 valence electrons. The number of primary sulfonamides is 1.